The number of nitrogens with one attached hydrogen (secondary N) is 1. The van der Waals surface area contributed by atoms with Crippen molar-refractivity contribution in [3.8, 4) is 22.9 Å². The van der Waals surface area contributed by atoms with Gasteiger partial charge in [0.05, 0.1) is 11.3 Å². The van der Waals surface area contributed by atoms with Gasteiger partial charge in [0.25, 0.3) is 0 Å². The normalized spacial score (nSPS) is 16.7. The van der Waals surface area contributed by atoms with Gasteiger partial charge in [-0.1, -0.05) is 35.3 Å². The van der Waals surface area contributed by atoms with E-state index in [9.17, 15) is 23.2 Å². The van der Waals surface area contributed by atoms with E-state index in [2.05, 4.69) is 5.32 Å². The highest BCUT2D eigenvalue weighted by molar-refractivity contribution is 6.34. The molecule has 4 nitrogen and oxygen atoms in total. The number of rotatable bonds is 6. The molecule has 186 valence electrons. The fourth-order valence-corrected chi connectivity index (χ4v) is 4.84. The number of hydrogen-bond acceptors (Lipinski definition) is 3. The number of carbonyl (C=O) groups is 1. The zero-order valence-electron chi connectivity index (χ0n) is 18.5. The molecule has 0 radical (unpaired) electrons. The average Bonchev–Trinajstić information content (AvgIpc) is 3.21. The maximum atomic E-state index is 14.3. The smallest absolute Gasteiger partial charge is 0.399 e. The SMILES string of the molecule is N#Cc1ccc(-c2ccc3c(c2)C(C(F)(F)F)C(c2cc(Cl)cc(Cl)c2)O3)cc1NC(=O)CCCCl. The summed E-state index contributed by atoms with van der Waals surface area (Å²) in [5.74, 6) is -1.84. The van der Waals surface area contributed by atoms with Crippen LogP contribution in [-0.4, -0.2) is 18.0 Å². The molecule has 2 unspecified atom stereocenters. The minimum Gasteiger partial charge on any atom is -0.484 e. The summed E-state index contributed by atoms with van der Waals surface area (Å²) in [5, 5.41) is 12.5. The second-order valence-electron chi connectivity index (χ2n) is 8.23. The Hall–Kier alpha value is -2.92. The Kier molecular flexibility index (Phi) is 7.70. The number of amides is 1. The van der Waals surface area contributed by atoms with Crippen molar-refractivity contribution in [2.75, 3.05) is 11.2 Å². The Morgan fingerprint density at radius 2 is 1.69 bits per heavy atom. The van der Waals surface area contributed by atoms with Crippen LogP contribution in [0.25, 0.3) is 11.1 Å². The van der Waals surface area contributed by atoms with Crippen LogP contribution in [0.2, 0.25) is 10.0 Å². The first-order valence-electron chi connectivity index (χ1n) is 10.8. The second-order valence-corrected chi connectivity index (χ2v) is 9.48. The Morgan fingerprint density at radius 3 is 2.33 bits per heavy atom. The average molecular weight is 554 g/mol. The van der Waals surface area contributed by atoms with Gasteiger partial charge in [-0.3, -0.25) is 4.79 Å². The van der Waals surface area contributed by atoms with Gasteiger partial charge in [-0.05, 0) is 65.6 Å². The van der Waals surface area contributed by atoms with Gasteiger partial charge in [-0.25, -0.2) is 0 Å². The highest BCUT2D eigenvalue weighted by atomic mass is 35.5. The first-order valence-corrected chi connectivity index (χ1v) is 12.1. The maximum absolute atomic E-state index is 14.3. The molecule has 0 saturated heterocycles. The van der Waals surface area contributed by atoms with Crippen molar-refractivity contribution in [1.29, 1.82) is 5.26 Å². The number of ether oxygens (including phenoxy) is 1. The molecule has 1 aliphatic rings. The number of anilines is 1. The van der Waals surface area contributed by atoms with E-state index in [1.54, 1.807) is 18.2 Å². The second kappa shape index (κ2) is 10.6. The lowest BCUT2D eigenvalue weighted by atomic mass is 9.88. The van der Waals surface area contributed by atoms with Crippen LogP contribution in [0.15, 0.2) is 54.6 Å². The topological polar surface area (TPSA) is 62.1 Å². The lowest BCUT2D eigenvalue weighted by Gasteiger charge is -2.22. The fourth-order valence-electron chi connectivity index (χ4n) is 4.16. The molecule has 1 aliphatic heterocycles. The first-order chi connectivity index (χ1) is 17.1. The highest BCUT2D eigenvalue weighted by Gasteiger charge is 2.52. The summed E-state index contributed by atoms with van der Waals surface area (Å²) in [6.45, 7) is 0. The number of hydrogen-bond donors (Lipinski definition) is 1. The van der Waals surface area contributed by atoms with Crippen molar-refractivity contribution >= 4 is 46.4 Å². The van der Waals surface area contributed by atoms with Crippen molar-refractivity contribution in [3.63, 3.8) is 0 Å². The van der Waals surface area contributed by atoms with E-state index in [1.165, 1.54) is 36.4 Å². The molecule has 0 fully saturated rings. The number of halogens is 6. The third-order valence-electron chi connectivity index (χ3n) is 5.75. The third-order valence-corrected chi connectivity index (χ3v) is 6.46. The Labute approximate surface area is 220 Å². The molecule has 0 spiro atoms. The first kappa shape index (κ1) is 26.2. The highest BCUT2D eigenvalue weighted by Crippen LogP contribution is 2.54. The molecule has 0 aliphatic carbocycles. The van der Waals surface area contributed by atoms with Crippen molar-refractivity contribution in [3.05, 3.63) is 81.3 Å². The van der Waals surface area contributed by atoms with Gasteiger partial charge in [0.2, 0.25) is 5.91 Å². The minimum atomic E-state index is -4.62. The molecule has 0 bridgehead atoms. The largest absolute Gasteiger partial charge is 0.484 e. The van der Waals surface area contributed by atoms with E-state index in [0.29, 0.717) is 23.4 Å². The van der Waals surface area contributed by atoms with E-state index in [4.69, 9.17) is 39.5 Å². The van der Waals surface area contributed by atoms with Crippen LogP contribution >= 0.6 is 34.8 Å². The molecule has 2 atom stereocenters. The number of alkyl halides is 4. The molecule has 0 aromatic heterocycles. The van der Waals surface area contributed by atoms with Crippen molar-refractivity contribution in [1.82, 2.24) is 0 Å². The third kappa shape index (κ3) is 5.57. The van der Waals surface area contributed by atoms with Crippen molar-refractivity contribution < 1.29 is 22.7 Å². The monoisotopic (exact) mass is 552 g/mol. The summed E-state index contributed by atoms with van der Waals surface area (Å²) in [4.78, 5) is 12.2. The maximum Gasteiger partial charge on any atom is 0.399 e. The summed E-state index contributed by atoms with van der Waals surface area (Å²) in [5.41, 5.74) is 1.68. The van der Waals surface area contributed by atoms with Crippen LogP contribution in [-0.2, 0) is 4.79 Å². The molecule has 1 amide bonds. The van der Waals surface area contributed by atoms with Gasteiger partial charge in [-0.15, -0.1) is 11.6 Å². The molecule has 3 aromatic carbocycles. The van der Waals surface area contributed by atoms with Gasteiger partial charge in [0, 0.05) is 27.9 Å². The minimum absolute atomic E-state index is 0.0295. The number of benzene rings is 3. The quantitative estimate of drug-likeness (QED) is 0.313. The molecule has 1 N–H and O–H groups in total. The number of nitriles is 1. The van der Waals surface area contributed by atoms with Crippen molar-refractivity contribution in [2.24, 2.45) is 0 Å². The summed E-state index contributed by atoms with van der Waals surface area (Å²) < 4.78 is 48.6. The van der Waals surface area contributed by atoms with E-state index >= 15 is 0 Å². The van der Waals surface area contributed by atoms with Gasteiger partial charge >= 0.3 is 6.18 Å². The zero-order chi connectivity index (χ0) is 26.0. The molecule has 36 heavy (non-hydrogen) atoms. The summed E-state index contributed by atoms with van der Waals surface area (Å²) in [7, 11) is 0. The van der Waals surface area contributed by atoms with Crippen LogP contribution < -0.4 is 10.1 Å². The summed E-state index contributed by atoms with van der Waals surface area (Å²) in [6, 6.07) is 15.5. The lowest BCUT2D eigenvalue weighted by Crippen LogP contribution is -2.25. The fraction of sp³-hybridized carbons (Fsp3) is 0.231. The van der Waals surface area contributed by atoms with E-state index in [1.807, 2.05) is 6.07 Å². The molecule has 4 rings (SSSR count). The molecule has 10 heteroatoms. The predicted molar refractivity (Wildman–Crippen MR) is 134 cm³/mol. The van der Waals surface area contributed by atoms with E-state index in [-0.39, 0.29) is 50.5 Å². The van der Waals surface area contributed by atoms with E-state index < -0.39 is 18.2 Å². The standard InChI is InChI=1S/C26H18Cl3F3N2O2/c27-7-1-2-23(35)34-21-11-15(3-4-16(21)13-33)14-5-6-22-20(10-14)24(26(30,31)32)25(36-22)17-8-18(28)12-19(29)9-17/h3-6,8-12,24-25H,1-2,7H2,(H,34,35). The number of fused-ring (bicyclic) bond motifs is 1. The Morgan fingerprint density at radius 1 is 1.03 bits per heavy atom. The Bertz CT molecular complexity index is 1330. The zero-order valence-corrected chi connectivity index (χ0v) is 20.8. The van der Waals surface area contributed by atoms with Crippen LogP contribution in [0.5, 0.6) is 5.75 Å². The van der Waals surface area contributed by atoms with Gasteiger partial charge in [-0.2, -0.15) is 18.4 Å². The van der Waals surface area contributed by atoms with Crippen LogP contribution in [0, 0.1) is 11.3 Å². The lowest BCUT2D eigenvalue weighted by molar-refractivity contribution is -0.163. The summed E-state index contributed by atoms with van der Waals surface area (Å²) >= 11 is 17.7. The number of nitrogens with zero attached hydrogens (tertiary/aromatic N) is 1. The van der Waals surface area contributed by atoms with Crippen LogP contribution in [0.1, 0.15) is 41.6 Å². The van der Waals surface area contributed by atoms with Crippen molar-refractivity contribution in [2.45, 2.75) is 31.0 Å². The van der Waals surface area contributed by atoms with Gasteiger partial charge < -0.3 is 10.1 Å². The number of carbonyl (C=O) groups excluding carboxylic acids is 1. The molecular weight excluding hydrogens is 536 g/mol. The van der Waals surface area contributed by atoms with E-state index in [0.717, 1.165) is 0 Å². The predicted octanol–water partition coefficient (Wildman–Crippen LogP) is 8.27. The Balaban J connectivity index is 1.72. The van der Waals surface area contributed by atoms with Crippen LogP contribution in [0.4, 0.5) is 18.9 Å². The van der Waals surface area contributed by atoms with Gasteiger partial charge in [0.1, 0.15) is 23.8 Å². The molecular formula is C26H18Cl3F3N2O2. The molecule has 1 heterocycles. The summed E-state index contributed by atoms with van der Waals surface area (Å²) in [6.07, 6.45) is -5.33. The molecule has 3 aromatic rings. The van der Waals surface area contributed by atoms with Crippen LogP contribution in [0.3, 0.4) is 0 Å². The molecule has 0 saturated carbocycles. The van der Waals surface area contributed by atoms with Gasteiger partial charge in [0.15, 0.2) is 0 Å².